The molecule has 1 unspecified atom stereocenters. The fraction of sp³-hybridized carbons (Fsp3) is 0.333. The number of benzene rings is 1. The topological polar surface area (TPSA) is 84.9 Å². The van der Waals surface area contributed by atoms with Crippen molar-refractivity contribution in [3.8, 4) is 5.75 Å². The largest absolute Gasteiger partial charge is 0.484 e. The first-order chi connectivity index (χ1) is 9.02. The molecule has 0 heterocycles. The van der Waals surface area contributed by atoms with Crippen LogP contribution in [0.3, 0.4) is 0 Å². The van der Waals surface area contributed by atoms with Gasteiger partial charge in [-0.1, -0.05) is 15.9 Å². The number of amides is 1. The first-order valence-electron chi connectivity index (χ1n) is 5.44. The van der Waals surface area contributed by atoms with Crippen molar-refractivity contribution in [1.29, 1.82) is 0 Å². The summed E-state index contributed by atoms with van der Waals surface area (Å²) >= 11 is 3.28. The number of nitrogens with one attached hydrogen (secondary N) is 1. The highest BCUT2D eigenvalue weighted by atomic mass is 79.9. The summed E-state index contributed by atoms with van der Waals surface area (Å²) in [5, 5.41) is 11.6. The maximum Gasteiger partial charge on any atom is 0.336 e. The van der Waals surface area contributed by atoms with E-state index in [2.05, 4.69) is 26.0 Å². The lowest BCUT2D eigenvalue weighted by Gasteiger charge is -2.10. The van der Waals surface area contributed by atoms with Crippen molar-refractivity contribution in [2.45, 2.75) is 6.10 Å². The Morgan fingerprint density at radius 1 is 1.37 bits per heavy atom. The third kappa shape index (κ3) is 5.71. The summed E-state index contributed by atoms with van der Waals surface area (Å²) in [6, 6.07) is 6.99. The number of carbonyl (C=O) groups is 2. The summed E-state index contributed by atoms with van der Waals surface area (Å²) in [6.07, 6.45) is -1.37. The molecule has 0 saturated carbocycles. The summed E-state index contributed by atoms with van der Waals surface area (Å²) < 4.78 is 10.4. The molecule has 0 spiro atoms. The average molecular weight is 332 g/mol. The van der Waals surface area contributed by atoms with Crippen molar-refractivity contribution >= 4 is 27.8 Å². The maximum absolute atomic E-state index is 11.4. The van der Waals surface area contributed by atoms with Crippen molar-refractivity contribution in [2.24, 2.45) is 0 Å². The van der Waals surface area contributed by atoms with Gasteiger partial charge in [0.25, 0.3) is 5.91 Å². The molecular formula is C12H14BrNO5. The van der Waals surface area contributed by atoms with Gasteiger partial charge in [-0.3, -0.25) is 4.79 Å². The van der Waals surface area contributed by atoms with Gasteiger partial charge in [-0.2, -0.15) is 0 Å². The molecule has 0 aromatic heterocycles. The molecule has 2 N–H and O–H groups in total. The zero-order valence-electron chi connectivity index (χ0n) is 10.3. The van der Waals surface area contributed by atoms with Crippen molar-refractivity contribution in [2.75, 3.05) is 20.3 Å². The number of hydrogen-bond acceptors (Lipinski definition) is 5. The number of ether oxygens (including phenoxy) is 2. The SMILES string of the molecule is COC(=O)C(O)CNC(=O)COc1ccc(Br)cc1. The van der Waals surface area contributed by atoms with E-state index in [0.717, 1.165) is 11.6 Å². The minimum absolute atomic E-state index is 0.199. The molecule has 0 radical (unpaired) electrons. The van der Waals surface area contributed by atoms with Gasteiger partial charge in [0.1, 0.15) is 5.75 Å². The molecule has 104 valence electrons. The molecule has 0 aliphatic carbocycles. The summed E-state index contributed by atoms with van der Waals surface area (Å²) in [6.45, 7) is -0.412. The van der Waals surface area contributed by atoms with Crippen molar-refractivity contribution in [1.82, 2.24) is 5.32 Å². The maximum atomic E-state index is 11.4. The van der Waals surface area contributed by atoms with Crippen LogP contribution in [0, 0.1) is 0 Å². The highest BCUT2D eigenvalue weighted by Crippen LogP contribution is 2.15. The van der Waals surface area contributed by atoms with Crippen LogP contribution in [0.2, 0.25) is 0 Å². The molecule has 6 nitrogen and oxygen atoms in total. The lowest BCUT2D eigenvalue weighted by Crippen LogP contribution is -2.39. The fourth-order valence-electron chi connectivity index (χ4n) is 1.16. The van der Waals surface area contributed by atoms with E-state index in [1.807, 2.05) is 0 Å². The zero-order valence-corrected chi connectivity index (χ0v) is 11.8. The molecule has 0 saturated heterocycles. The number of halogens is 1. The number of rotatable bonds is 6. The number of aliphatic hydroxyl groups excluding tert-OH is 1. The van der Waals surface area contributed by atoms with Crippen LogP contribution in [0.15, 0.2) is 28.7 Å². The van der Waals surface area contributed by atoms with Crippen LogP contribution in [0.1, 0.15) is 0 Å². The van der Waals surface area contributed by atoms with Gasteiger partial charge in [-0.25, -0.2) is 4.79 Å². The third-order valence-electron chi connectivity index (χ3n) is 2.15. The van der Waals surface area contributed by atoms with Gasteiger partial charge < -0.3 is 19.9 Å². The second-order valence-electron chi connectivity index (χ2n) is 3.59. The molecule has 7 heteroatoms. The lowest BCUT2D eigenvalue weighted by atomic mass is 10.3. The summed E-state index contributed by atoms with van der Waals surface area (Å²) in [4.78, 5) is 22.3. The second-order valence-corrected chi connectivity index (χ2v) is 4.50. The predicted molar refractivity (Wildman–Crippen MR) is 70.7 cm³/mol. The average Bonchev–Trinajstić information content (AvgIpc) is 2.43. The van der Waals surface area contributed by atoms with Gasteiger partial charge in [-0.15, -0.1) is 0 Å². The molecule has 19 heavy (non-hydrogen) atoms. The number of carbonyl (C=O) groups excluding carboxylic acids is 2. The molecule has 0 aliphatic rings. The Morgan fingerprint density at radius 2 is 2.00 bits per heavy atom. The number of esters is 1. The van der Waals surface area contributed by atoms with Crippen molar-refractivity contribution < 1.29 is 24.2 Å². The van der Waals surface area contributed by atoms with Gasteiger partial charge >= 0.3 is 5.97 Å². The summed E-state index contributed by atoms with van der Waals surface area (Å²) in [7, 11) is 1.16. The van der Waals surface area contributed by atoms with E-state index < -0.39 is 18.0 Å². The standard InChI is InChI=1S/C12H14BrNO5/c1-18-12(17)10(15)6-14-11(16)7-19-9-4-2-8(13)3-5-9/h2-5,10,15H,6-7H2,1H3,(H,14,16). The number of aliphatic hydroxyl groups is 1. The molecular weight excluding hydrogens is 318 g/mol. The second kappa shape index (κ2) is 7.75. The molecule has 1 aromatic rings. The van der Waals surface area contributed by atoms with Gasteiger partial charge in [0.15, 0.2) is 12.7 Å². The van der Waals surface area contributed by atoms with Gasteiger partial charge in [0.05, 0.1) is 13.7 Å². The first kappa shape index (κ1) is 15.5. The van der Waals surface area contributed by atoms with Crippen LogP contribution < -0.4 is 10.1 Å². The third-order valence-corrected chi connectivity index (χ3v) is 2.68. The van der Waals surface area contributed by atoms with E-state index in [0.29, 0.717) is 5.75 Å². The number of hydrogen-bond donors (Lipinski definition) is 2. The number of methoxy groups -OCH3 is 1. The molecule has 1 amide bonds. The molecule has 1 aromatic carbocycles. The van der Waals surface area contributed by atoms with Gasteiger partial charge in [0.2, 0.25) is 0 Å². The quantitative estimate of drug-likeness (QED) is 0.740. The van der Waals surface area contributed by atoms with E-state index in [4.69, 9.17) is 4.74 Å². The molecule has 0 aliphatic heterocycles. The van der Waals surface area contributed by atoms with E-state index in [-0.39, 0.29) is 13.2 Å². The highest BCUT2D eigenvalue weighted by Gasteiger charge is 2.16. The molecule has 1 atom stereocenters. The van der Waals surface area contributed by atoms with Crippen molar-refractivity contribution in [3.63, 3.8) is 0 Å². The van der Waals surface area contributed by atoms with Crippen LogP contribution in [-0.2, 0) is 14.3 Å². The Hall–Kier alpha value is -1.60. The van der Waals surface area contributed by atoms with Crippen LogP contribution in [0.4, 0.5) is 0 Å². The smallest absolute Gasteiger partial charge is 0.336 e. The zero-order chi connectivity index (χ0) is 14.3. The Labute approximate surface area is 118 Å². The van der Waals surface area contributed by atoms with Gasteiger partial charge in [-0.05, 0) is 24.3 Å². The monoisotopic (exact) mass is 331 g/mol. The fourth-order valence-corrected chi connectivity index (χ4v) is 1.42. The predicted octanol–water partition coefficient (Wildman–Crippen LogP) is 0.478. The van der Waals surface area contributed by atoms with Crippen LogP contribution in [0.5, 0.6) is 5.75 Å². The van der Waals surface area contributed by atoms with Crippen molar-refractivity contribution in [3.05, 3.63) is 28.7 Å². The Bertz CT molecular complexity index is 434. The Morgan fingerprint density at radius 3 is 2.58 bits per heavy atom. The Kier molecular flexibility index (Phi) is 6.31. The van der Waals surface area contributed by atoms with Crippen LogP contribution in [0.25, 0.3) is 0 Å². The molecule has 0 fully saturated rings. The van der Waals surface area contributed by atoms with E-state index >= 15 is 0 Å². The van der Waals surface area contributed by atoms with Crippen LogP contribution >= 0.6 is 15.9 Å². The minimum atomic E-state index is -1.37. The van der Waals surface area contributed by atoms with E-state index in [1.165, 1.54) is 0 Å². The van der Waals surface area contributed by atoms with Crippen LogP contribution in [-0.4, -0.2) is 43.3 Å². The Balaban J connectivity index is 2.28. The van der Waals surface area contributed by atoms with Gasteiger partial charge in [0, 0.05) is 4.47 Å². The summed E-state index contributed by atoms with van der Waals surface area (Å²) in [5.74, 6) is -0.688. The lowest BCUT2D eigenvalue weighted by molar-refractivity contribution is -0.150. The first-order valence-corrected chi connectivity index (χ1v) is 6.23. The molecule has 0 bridgehead atoms. The normalized spacial score (nSPS) is 11.5. The van der Waals surface area contributed by atoms with E-state index in [1.54, 1.807) is 24.3 Å². The van der Waals surface area contributed by atoms with E-state index in [9.17, 15) is 14.7 Å². The highest BCUT2D eigenvalue weighted by molar-refractivity contribution is 9.10. The molecule has 1 rings (SSSR count). The minimum Gasteiger partial charge on any atom is -0.484 e. The summed E-state index contributed by atoms with van der Waals surface area (Å²) in [5.41, 5.74) is 0.